The van der Waals surface area contributed by atoms with Crippen molar-refractivity contribution >= 4 is 0 Å². The number of nitrogens with zero attached hydrogens (tertiary/aromatic N) is 2. The van der Waals surface area contributed by atoms with Crippen LogP contribution in [0.15, 0.2) is 0 Å². The molecule has 0 aromatic rings. The quantitative estimate of drug-likeness (QED) is 0.814. The number of nitrogens with two attached hydrogens (primary N) is 1. The summed E-state index contributed by atoms with van der Waals surface area (Å²) in [7, 11) is 0. The van der Waals surface area contributed by atoms with Crippen LogP contribution < -0.4 is 5.73 Å². The van der Waals surface area contributed by atoms with E-state index in [-0.39, 0.29) is 11.5 Å². The van der Waals surface area contributed by atoms with E-state index in [1.54, 1.807) is 0 Å². The molecule has 0 spiro atoms. The molecule has 2 N–H and O–H groups in total. The van der Waals surface area contributed by atoms with Crippen LogP contribution in [-0.4, -0.2) is 54.6 Å². The van der Waals surface area contributed by atoms with Crippen LogP contribution in [0.5, 0.6) is 0 Å². The van der Waals surface area contributed by atoms with E-state index in [9.17, 15) is 0 Å². The van der Waals surface area contributed by atoms with Crippen molar-refractivity contribution in [3.05, 3.63) is 0 Å². The highest BCUT2D eigenvalue weighted by atomic mass is 15.3. The molecule has 1 fully saturated rings. The molecule has 17 heavy (non-hydrogen) atoms. The summed E-state index contributed by atoms with van der Waals surface area (Å²) in [6.07, 6.45) is 1.25. The van der Waals surface area contributed by atoms with Crippen LogP contribution in [0.25, 0.3) is 0 Å². The molecule has 0 aromatic carbocycles. The predicted octanol–water partition coefficient (Wildman–Crippen LogP) is 1.78. The van der Waals surface area contributed by atoms with Crippen molar-refractivity contribution in [2.24, 2.45) is 11.1 Å². The Labute approximate surface area is 107 Å². The van der Waals surface area contributed by atoms with Crippen LogP contribution in [0, 0.1) is 5.41 Å². The second-order valence-corrected chi connectivity index (χ2v) is 6.57. The Balaban J connectivity index is 2.33. The summed E-state index contributed by atoms with van der Waals surface area (Å²) in [6.45, 7) is 17.1. The highest BCUT2D eigenvalue weighted by Gasteiger charge is 2.26. The molecule has 3 heteroatoms. The first kappa shape index (κ1) is 14.9. The van der Waals surface area contributed by atoms with E-state index in [1.165, 1.54) is 32.6 Å². The molecule has 0 aliphatic carbocycles. The Hall–Kier alpha value is -0.120. The zero-order chi connectivity index (χ0) is 13.1. The highest BCUT2D eigenvalue weighted by Crippen LogP contribution is 2.19. The van der Waals surface area contributed by atoms with Gasteiger partial charge in [-0.2, -0.15) is 0 Å². The third-order valence-corrected chi connectivity index (χ3v) is 4.19. The third-order valence-electron chi connectivity index (χ3n) is 4.19. The lowest BCUT2D eigenvalue weighted by Gasteiger charge is -2.40. The maximum absolute atomic E-state index is 6.25. The molecule has 0 saturated carbocycles. The van der Waals surface area contributed by atoms with Gasteiger partial charge in [-0.15, -0.1) is 0 Å². The van der Waals surface area contributed by atoms with Crippen LogP contribution >= 0.6 is 0 Å². The summed E-state index contributed by atoms with van der Waals surface area (Å²) >= 11 is 0. The van der Waals surface area contributed by atoms with Gasteiger partial charge in [0.2, 0.25) is 0 Å². The average molecular weight is 241 g/mol. The van der Waals surface area contributed by atoms with Gasteiger partial charge in [0.05, 0.1) is 0 Å². The van der Waals surface area contributed by atoms with Crippen molar-refractivity contribution in [1.29, 1.82) is 0 Å². The Morgan fingerprint density at radius 1 is 1.12 bits per heavy atom. The lowest BCUT2D eigenvalue weighted by molar-refractivity contribution is 0.0867. The summed E-state index contributed by atoms with van der Waals surface area (Å²) in [5, 5.41) is 0. The van der Waals surface area contributed by atoms with Gasteiger partial charge >= 0.3 is 0 Å². The summed E-state index contributed by atoms with van der Waals surface area (Å²) in [5.41, 5.74) is 6.46. The van der Waals surface area contributed by atoms with Crippen molar-refractivity contribution in [1.82, 2.24) is 9.80 Å². The Bertz CT molecular complexity index is 214. The number of piperazine rings is 1. The molecule has 0 bridgehead atoms. The second kappa shape index (κ2) is 6.17. The van der Waals surface area contributed by atoms with Gasteiger partial charge in [-0.05, 0) is 18.8 Å². The minimum atomic E-state index is 0.216. The Morgan fingerprint density at radius 2 is 1.65 bits per heavy atom. The van der Waals surface area contributed by atoms with E-state index in [4.69, 9.17) is 5.73 Å². The van der Waals surface area contributed by atoms with Gasteiger partial charge < -0.3 is 5.73 Å². The van der Waals surface area contributed by atoms with E-state index in [1.807, 2.05) is 0 Å². The van der Waals surface area contributed by atoms with Crippen molar-refractivity contribution < 1.29 is 0 Å². The molecule has 0 amide bonds. The summed E-state index contributed by atoms with van der Waals surface area (Å²) in [4.78, 5) is 5.12. The number of rotatable bonds is 4. The molecule has 1 rings (SSSR count). The van der Waals surface area contributed by atoms with Gasteiger partial charge in [-0.1, -0.05) is 27.7 Å². The molecule has 2 unspecified atom stereocenters. The first-order valence-corrected chi connectivity index (χ1v) is 7.06. The van der Waals surface area contributed by atoms with Crippen molar-refractivity contribution in [2.45, 2.75) is 53.1 Å². The molecule has 3 nitrogen and oxygen atoms in total. The number of hydrogen-bond acceptors (Lipinski definition) is 3. The first-order chi connectivity index (χ1) is 7.84. The maximum Gasteiger partial charge on any atom is 0.0217 e. The van der Waals surface area contributed by atoms with Crippen LogP contribution in [0.2, 0.25) is 0 Å². The van der Waals surface area contributed by atoms with E-state index >= 15 is 0 Å². The Morgan fingerprint density at radius 3 is 2.06 bits per heavy atom. The fourth-order valence-electron chi connectivity index (χ4n) is 2.20. The molecule has 1 aliphatic heterocycles. The minimum absolute atomic E-state index is 0.216. The maximum atomic E-state index is 6.25. The van der Waals surface area contributed by atoms with Crippen LogP contribution in [0.4, 0.5) is 0 Å². The molecule has 102 valence electrons. The van der Waals surface area contributed by atoms with E-state index in [2.05, 4.69) is 44.4 Å². The van der Waals surface area contributed by atoms with Crippen molar-refractivity contribution in [2.75, 3.05) is 32.7 Å². The third kappa shape index (κ3) is 4.57. The van der Waals surface area contributed by atoms with Crippen LogP contribution in [0.1, 0.15) is 41.0 Å². The fourth-order valence-corrected chi connectivity index (χ4v) is 2.20. The van der Waals surface area contributed by atoms with Gasteiger partial charge in [0.1, 0.15) is 0 Å². The smallest absolute Gasteiger partial charge is 0.0217 e. The van der Waals surface area contributed by atoms with Crippen LogP contribution in [-0.2, 0) is 0 Å². The fraction of sp³-hybridized carbons (Fsp3) is 1.00. The zero-order valence-electron chi connectivity index (χ0n) is 12.4. The van der Waals surface area contributed by atoms with Crippen molar-refractivity contribution in [3.63, 3.8) is 0 Å². The van der Waals surface area contributed by atoms with Gasteiger partial charge in [-0.25, -0.2) is 0 Å². The van der Waals surface area contributed by atoms with E-state index < -0.39 is 0 Å². The topological polar surface area (TPSA) is 32.5 Å². The normalized spacial score (nSPS) is 23.6. The average Bonchev–Trinajstić information content (AvgIpc) is 2.27. The lowest BCUT2D eigenvalue weighted by Crippen LogP contribution is -2.53. The summed E-state index contributed by atoms with van der Waals surface area (Å²) in [6, 6.07) is 1.01. The predicted molar refractivity (Wildman–Crippen MR) is 75.2 cm³/mol. The molecule has 1 saturated heterocycles. The highest BCUT2D eigenvalue weighted by molar-refractivity contribution is 4.83. The van der Waals surface area contributed by atoms with E-state index in [0.717, 1.165) is 12.6 Å². The molecule has 0 aromatic heterocycles. The Kier molecular flexibility index (Phi) is 5.42. The van der Waals surface area contributed by atoms with Crippen molar-refractivity contribution in [3.8, 4) is 0 Å². The molecule has 2 atom stereocenters. The van der Waals surface area contributed by atoms with Gasteiger partial charge in [0, 0.05) is 44.8 Å². The molecule has 1 heterocycles. The standard InChI is InChI=1S/C14H31N3/c1-6-12(2)17-9-7-16(8-10-17)11-13(15)14(3,4)5/h12-13H,6-11,15H2,1-5H3. The van der Waals surface area contributed by atoms with E-state index in [0.29, 0.717) is 0 Å². The van der Waals surface area contributed by atoms with Gasteiger partial charge in [-0.3, -0.25) is 9.80 Å². The van der Waals surface area contributed by atoms with Crippen LogP contribution in [0.3, 0.4) is 0 Å². The first-order valence-electron chi connectivity index (χ1n) is 7.06. The minimum Gasteiger partial charge on any atom is -0.326 e. The molecule has 1 aliphatic rings. The zero-order valence-corrected chi connectivity index (χ0v) is 12.4. The number of hydrogen-bond donors (Lipinski definition) is 1. The second-order valence-electron chi connectivity index (χ2n) is 6.57. The molecular formula is C14H31N3. The summed E-state index contributed by atoms with van der Waals surface area (Å²) in [5.74, 6) is 0. The van der Waals surface area contributed by atoms with Gasteiger partial charge in [0.25, 0.3) is 0 Å². The SMILES string of the molecule is CCC(C)N1CCN(CC(N)C(C)(C)C)CC1. The molecule has 0 radical (unpaired) electrons. The largest absolute Gasteiger partial charge is 0.326 e. The molecular weight excluding hydrogens is 210 g/mol. The monoisotopic (exact) mass is 241 g/mol. The lowest BCUT2D eigenvalue weighted by atomic mass is 9.87. The van der Waals surface area contributed by atoms with Gasteiger partial charge in [0.15, 0.2) is 0 Å². The summed E-state index contributed by atoms with van der Waals surface area (Å²) < 4.78 is 0.